The SMILES string of the molecule is CC(=O)O[C@@H]1[C@H](OC(C)=O)C(C)(C)/C=C\[C@@H](C)C(=O)[C@@]2(O)C[C@@H](C)[C@@H](OC(C)=O)C2C2OC(=O)CC[C@]2(OC(C)=O)[C@H]1OC(=O)C(C)C. The molecule has 2 aliphatic carbocycles. The summed E-state index contributed by atoms with van der Waals surface area (Å²) in [4.78, 5) is 92.0. The predicted octanol–water partition coefficient (Wildman–Crippen LogP) is 2.55. The molecule has 268 valence electrons. The van der Waals surface area contributed by atoms with Gasteiger partial charge in [-0.15, -0.1) is 0 Å². The van der Waals surface area contributed by atoms with Gasteiger partial charge in [0.05, 0.1) is 11.8 Å². The van der Waals surface area contributed by atoms with Gasteiger partial charge >= 0.3 is 35.8 Å². The third kappa shape index (κ3) is 7.74. The van der Waals surface area contributed by atoms with E-state index in [0.717, 1.165) is 27.7 Å². The Morgan fingerprint density at radius 3 is 1.94 bits per heavy atom. The van der Waals surface area contributed by atoms with Crippen LogP contribution in [0.1, 0.15) is 88.5 Å². The van der Waals surface area contributed by atoms with E-state index in [1.807, 2.05) is 0 Å². The van der Waals surface area contributed by atoms with Gasteiger partial charge in [-0.25, -0.2) is 0 Å². The van der Waals surface area contributed by atoms with Gasteiger partial charge in [0.25, 0.3) is 0 Å². The van der Waals surface area contributed by atoms with Crippen LogP contribution in [-0.2, 0) is 62.0 Å². The fourth-order valence-electron chi connectivity index (χ4n) is 7.26. The number of esters is 6. The van der Waals surface area contributed by atoms with Crippen molar-refractivity contribution < 1.29 is 67.1 Å². The number of ether oxygens (including phenoxy) is 6. The molecule has 48 heavy (non-hydrogen) atoms. The van der Waals surface area contributed by atoms with Crippen LogP contribution >= 0.6 is 0 Å². The number of hydrogen-bond donors (Lipinski definition) is 1. The first-order valence-corrected chi connectivity index (χ1v) is 16.1. The molecule has 10 atom stereocenters. The quantitative estimate of drug-likeness (QED) is 0.244. The lowest BCUT2D eigenvalue weighted by molar-refractivity contribution is -0.270. The van der Waals surface area contributed by atoms with Crippen molar-refractivity contribution in [1.82, 2.24) is 0 Å². The van der Waals surface area contributed by atoms with Crippen LogP contribution in [0.25, 0.3) is 0 Å². The Kier molecular flexibility index (Phi) is 11.6. The molecule has 1 aliphatic heterocycles. The van der Waals surface area contributed by atoms with E-state index < -0.39 is 125 Å². The zero-order valence-corrected chi connectivity index (χ0v) is 29.2. The lowest BCUT2D eigenvalue weighted by atomic mass is 9.66. The fourth-order valence-corrected chi connectivity index (χ4v) is 7.26. The van der Waals surface area contributed by atoms with Crippen molar-refractivity contribution in [2.75, 3.05) is 0 Å². The highest BCUT2D eigenvalue weighted by Crippen LogP contribution is 2.53. The highest BCUT2D eigenvalue weighted by Gasteiger charge is 2.71. The number of allylic oxidation sites excluding steroid dienone is 1. The van der Waals surface area contributed by atoms with E-state index in [1.165, 1.54) is 26.8 Å². The summed E-state index contributed by atoms with van der Waals surface area (Å²) in [5, 5.41) is 12.5. The van der Waals surface area contributed by atoms with E-state index in [2.05, 4.69) is 0 Å². The van der Waals surface area contributed by atoms with Crippen LogP contribution in [0, 0.1) is 29.1 Å². The zero-order chi connectivity index (χ0) is 36.5. The van der Waals surface area contributed by atoms with Gasteiger partial charge in [0.1, 0.15) is 11.7 Å². The molecule has 2 unspecified atom stereocenters. The maximum absolute atomic E-state index is 14.3. The molecule has 1 saturated heterocycles. The van der Waals surface area contributed by atoms with Gasteiger partial charge in [-0.2, -0.15) is 0 Å². The summed E-state index contributed by atoms with van der Waals surface area (Å²) in [6.07, 6.45) is -6.11. The van der Waals surface area contributed by atoms with E-state index in [9.17, 15) is 38.7 Å². The molecule has 0 radical (unpaired) electrons. The predicted molar refractivity (Wildman–Crippen MR) is 164 cm³/mol. The minimum atomic E-state index is -2.33. The summed E-state index contributed by atoms with van der Waals surface area (Å²) in [6, 6.07) is 0. The fraction of sp³-hybridized carbons (Fsp3) is 0.735. The molecule has 2 fully saturated rings. The first-order chi connectivity index (χ1) is 22.1. The molecule has 1 saturated carbocycles. The Bertz CT molecular complexity index is 1350. The molecule has 0 bridgehead atoms. The number of carbonyl (C=O) groups is 7. The molecule has 0 aromatic carbocycles. The van der Waals surface area contributed by atoms with Gasteiger partial charge < -0.3 is 33.5 Å². The Hall–Kier alpha value is -3.81. The number of Topliss-reactive ketones (excluding diaryl/α,β-unsaturated/α-hetero) is 1. The second-order valence-corrected chi connectivity index (χ2v) is 14.1. The van der Waals surface area contributed by atoms with E-state index in [0.29, 0.717) is 0 Å². The number of carbonyl (C=O) groups excluding carboxylic acids is 7. The average Bonchev–Trinajstić information content (AvgIpc) is 3.20. The van der Waals surface area contributed by atoms with Crippen molar-refractivity contribution in [3.8, 4) is 0 Å². The van der Waals surface area contributed by atoms with E-state index >= 15 is 0 Å². The lowest BCUT2D eigenvalue weighted by Gasteiger charge is -2.53. The van der Waals surface area contributed by atoms with E-state index in [4.69, 9.17) is 28.4 Å². The molecule has 3 rings (SSSR count). The highest BCUT2D eigenvalue weighted by atomic mass is 16.7. The average molecular weight is 681 g/mol. The van der Waals surface area contributed by atoms with Gasteiger partial charge in [0.2, 0.25) is 0 Å². The molecule has 1 heterocycles. The molecule has 14 heteroatoms. The molecular weight excluding hydrogens is 632 g/mol. The van der Waals surface area contributed by atoms with Gasteiger partial charge in [-0.3, -0.25) is 33.6 Å². The van der Waals surface area contributed by atoms with Crippen LogP contribution in [0.3, 0.4) is 0 Å². The Balaban J connectivity index is 2.59. The first kappa shape index (κ1) is 38.6. The van der Waals surface area contributed by atoms with Gasteiger partial charge in [-0.1, -0.05) is 53.7 Å². The molecule has 0 amide bonds. The summed E-state index contributed by atoms with van der Waals surface area (Å²) in [6.45, 7) is 13.9. The van der Waals surface area contributed by atoms with Crippen LogP contribution in [-0.4, -0.2) is 88.4 Å². The van der Waals surface area contributed by atoms with E-state index in [1.54, 1.807) is 26.8 Å². The molecule has 0 spiro atoms. The second-order valence-electron chi connectivity index (χ2n) is 14.1. The smallest absolute Gasteiger partial charge is 0.308 e. The number of rotatable bonds is 6. The van der Waals surface area contributed by atoms with Crippen molar-refractivity contribution >= 4 is 41.6 Å². The van der Waals surface area contributed by atoms with Crippen molar-refractivity contribution in [3.63, 3.8) is 0 Å². The normalized spacial score (nSPS) is 36.9. The maximum atomic E-state index is 14.3. The zero-order valence-electron chi connectivity index (χ0n) is 29.2. The van der Waals surface area contributed by atoms with Crippen molar-refractivity contribution in [3.05, 3.63) is 12.2 Å². The molecule has 3 aliphatic rings. The summed E-state index contributed by atoms with van der Waals surface area (Å²) in [7, 11) is 0. The van der Waals surface area contributed by atoms with Gasteiger partial charge in [0.15, 0.2) is 35.8 Å². The maximum Gasteiger partial charge on any atom is 0.308 e. The van der Waals surface area contributed by atoms with Crippen LogP contribution in [0.5, 0.6) is 0 Å². The molecule has 0 aromatic rings. The van der Waals surface area contributed by atoms with Gasteiger partial charge in [-0.05, 0) is 12.3 Å². The molecular formula is C34H48O14. The minimum Gasteiger partial charge on any atom is -0.462 e. The lowest BCUT2D eigenvalue weighted by Crippen LogP contribution is -2.71. The van der Waals surface area contributed by atoms with Crippen molar-refractivity contribution in [2.24, 2.45) is 29.1 Å². The Morgan fingerprint density at radius 1 is 0.854 bits per heavy atom. The number of fused-ring (bicyclic) bond motifs is 3. The Labute approximate surface area is 280 Å². The number of ketones is 1. The van der Waals surface area contributed by atoms with Gasteiger partial charge in [0, 0.05) is 51.9 Å². The molecule has 14 nitrogen and oxygen atoms in total. The van der Waals surface area contributed by atoms with Crippen LogP contribution < -0.4 is 0 Å². The highest BCUT2D eigenvalue weighted by molar-refractivity contribution is 5.91. The van der Waals surface area contributed by atoms with Crippen LogP contribution in [0.15, 0.2) is 12.2 Å². The number of hydrogen-bond acceptors (Lipinski definition) is 14. The minimum absolute atomic E-state index is 0.236. The summed E-state index contributed by atoms with van der Waals surface area (Å²) >= 11 is 0. The van der Waals surface area contributed by atoms with Crippen molar-refractivity contribution in [2.45, 2.75) is 130 Å². The molecule has 1 N–H and O–H groups in total. The van der Waals surface area contributed by atoms with Crippen LogP contribution in [0.2, 0.25) is 0 Å². The summed E-state index contributed by atoms with van der Waals surface area (Å²) < 4.78 is 35.4. The third-order valence-corrected chi connectivity index (χ3v) is 9.30. The van der Waals surface area contributed by atoms with Crippen LogP contribution in [0.4, 0.5) is 0 Å². The first-order valence-electron chi connectivity index (χ1n) is 16.1. The third-order valence-electron chi connectivity index (χ3n) is 9.30. The Morgan fingerprint density at radius 2 is 1.42 bits per heavy atom. The van der Waals surface area contributed by atoms with Crippen molar-refractivity contribution in [1.29, 1.82) is 0 Å². The van der Waals surface area contributed by atoms with E-state index in [-0.39, 0.29) is 6.42 Å². The largest absolute Gasteiger partial charge is 0.462 e. The topological polar surface area (TPSA) is 195 Å². The second kappa shape index (κ2) is 14.4. The monoisotopic (exact) mass is 680 g/mol. The summed E-state index contributed by atoms with van der Waals surface area (Å²) in [5.74, 6) is -9.81. The standard InChI is InChI=1S/C34H48O14/c1-16(2)31(41)47-30-26(44-20(6)36)29(45-21(7)37)32(9,10)13-11-17(3)27(40)33(42)15-18(4)25(43-19(5)35)24(33)28-34(30,48-22(8)38)14-12-23(39)46-28/h11,13,16-18,24-26,28-30,42H,12,14-15H2,1-10H3/b13-11-/t17-,18-,24?,25-,26-,28?,29+,30+,33-,34-/m1/s1. The molecule has 0 aromatic heterocycles. The summed E-state index contributed by atoms with van der Waals surface area (Å²) in [5.41, 5.74) is -5.89. The number of aliphatic hydroxyl groups is 1.